The zero-order valence-corrected chi connectivity index (χ0v) is 19.4. The molecule has 1 aliphatic rings. The molecule has 7 heteroatoms. The van der Waals surface area contributed by atoms with Crippen molar-refractivity contribution in [2.24, 2.45) is 5.92 Å². The molecule has 0 saturated heterocycles. The Bertz CT molecular complexity index is 1470. The summed E-state index contributed by atoms with van der Waals surface area (Å²) < 4.78 is 15.8. The van der Waals surface area contributed by atoms with Crippen LogP contribution in [-0.4, -0.2) is 21.3 Å². The van der Waals surface area contributed by atoms with Gasteiger partial charge in [0.2, 0.25) is 0 Å². The van der Waals surface area contributed by atoms with E-state index < -0.39 is 5.97 Å². The lowest BCUT2D eigenvalue weighted by Crippen LogP contribution is -2.01. The number of rotatable bonds is 6. The minimum atomic E-state index is -1.02. The first kappa shape index (κ1) is 22.4. The molecule has 0 bridgehead atoms. The Morgan fingerprint density at radius 3 is 2.47 bits per heavy atom. The van der Waals surface area contributed by atoms with Gasteiger partial charge in [-0.3, -0.25) is 5.10 Å². The van der Waals surface area contributed by atoms with E-state index in [0.29, 0.717) is 26.5 Å². The number of hydrogen-bond acceptors (Lipinski definition) is 2. The van der Waals surface area contributed by atoms with Gasteiger partial charge in [0.05, 0.1) is 17.1 Å². The van der Waals surface area contributed by atoms with Gasteiger partial charge in [0.25, 0.3) is 0 Å². The fourth-order valence-corrected chi connectivity index (χ4v) is 4.71. The number of benzene rings is 3. The van der Waals surface area contributed by atoms with Gasteiger partial charge < -0.3 is 5.11 Å². The van der Waals surface area contributed by atoms with Crippen LogP contribution in [0.25, 0.3) is 28.1 Å². The van der Waals surface area contributed by atoms with E-state index in [0.717, 1.165) is 46.8 Å². The van der Waals surface area contributed by atoms with Gasteiger partial charge in [-0.25, -0.2) is 9.18 Å². The third-order valence-electron chi connectivity index (χ3n) is 5.92. The highest BCUT2D eigenvalue weighted by atomic mass is 35.5. The van der Waals surface area contributed by atoms with Gasteiger partial charge >= 0.3 is 5.97 Å². The van der Waals surface area contributed by atoms with Crippen LogP contribution in [0.1, 0.15) is 35.1 Å². The Morgan fingerprint density at radius 1 is 1.06 bits per heavy atom. The maximum Gasteiger partial charge on any atom is 0.328 e. The number of allylic oxidation sites excluding steroid dienone is 1. The van der Waals surface area contributed by atoms with Crippen LogP contribution >= 0.6 is 23.2 Å². The number of fused-ring (bicyclic) bond motifs is 1. The molecule has 4 nitrogen and oxygen atoms in total. The van der Waals surface area contributed by atoms with Crippen LogP contribution < -0.4 is 0 Å². The van der Waals surface area contributed by atoms with Gasteiger partial charge in [-0.05, 0) is 76.9 Å². The molecule has 0 aliphatic heterocycles. The second-order valence-electron chi connectivity index (χ2n) is 8.24. The number of nitrogens with one attached hydrogen (secondary N) is 1. The number of H-pyrrole nitrogens is 1. The van der Waals surface area contributed by atoms with E-state index in [-0.39, 0.29) is 11.7 Å². The SMILES string of the molecule is O=C(O)/C=C/c1ccc(/C(=C(\c2ccc(Cl)cc2Cl)C2CC2)c2ccc3[nH]ncc3c2F)cc1. The van der Waals surface area contributed by atoms with Crippen LogP contribution in [-0.2, 0) is 4.79 Å². The molecular formula is C27H19Cl2FN2O2. The van der Waals surface area contributed by atoms with E-state index in [4.69, 9.17) is 28.3 Å². The van der Waals surface area contributed by atoms with Gasteiger partial charge in [-0.2, -0.15) is 5.10 Å². The second-order valence-corrected chi connectivity index (χ2v) is 9.08. The number of aromatic amines is 1. The highest BCUT2D eigenvalue weighted by molar-refractivity contribution is 6.36. The molecule has 1 aliphatic carbocycles. The standard InChI is InChI=1S/C27H19Cl2FN2O2/c28-18-8-9-19(22(29)13-18)25(17-6-7-17)26(16-4-1-15(2-5-16)3-12-24(33)34)20-10-11-23-21(27(20)30)14-31-32-23/h1-5,8-14,17H,6-7H2,(H,31,32)(H,33,34)/b12-3+,26-25+. The normalized spacial score (nSPS) is 14.6. The van der Waals surface area contributed by atoms with E-state index in [2.05, 4.69) is 10.2 Å². The largest absolute Gasteiger partial charge is 0.478 e. The highest BCUT2D eigenvalue weighted by Crippen LogP contribution is 2.50. The summed E-state index contributed by atoms with van der Waals surface area (Å²) in [5.41, 5.74) is 5.15. The van der Waals surface area contributed by atoms with Crippen LogP contribution in [0.5, 0.6) is 0 Å². The minimum Gasteiger partial charge on any atom is -0.478 e. The number of aromatic nitrogens is 2. The first-order valence-corrected chi connectivity index (χ1v) is 11.5. The fraction of sp³-hybridized carbons (Fsp3) is 0.111. The van der Waals surface area contributed by atoms with Gasteiger partial charge in [0, 0.05) is 21.7 Å². The summed E-state index contributed by atoms with van der Waals surface area (Å²) in [7, 11) is 0. The van der Waals surface area contributed by atoms with Crippen LogP contribution in [0.4, 0.5) is 4.39 Å². The molecule has 0 atom stereocenters. The fourth-order valence-electron chi connectivity index (χ4n) is 4.20. The summed E-state index contributed by atoms with van der Waals surface area (Å²) >= 11 is 12.8. The summed E-state index contributed by atoms with van der Waals surface area (Å²) in [6.45, 7) is 0. The van der Waals surface area contributed by atoms with Crippen molar-refractivity contribution in [1.29, 1.82) is 0 Å². The van der Waals surface area contributed by atoms with E-state index in [1.54, 1.807) is 18.2 Å². The number of carboxylic acids is 1. The quantitative estimate of drug-likeness (QED) is 0.216. The lowest BCUT2D eigenvalue weighted by molar-refractivity contribution is -0.131. The number of nitrogens with zero attached hydrogens (tertiary/aromatic N) is 1. The highest BCUT2D eigenvalue weighted by Gasteiger charge is 2.32. The number of halogens is 3. The molecule has 1 heterocycles. The summed E-state index contributed by atoms with van der Waals surface area (Å²) in [4.78, 5) is 10.9. The van der Waals surface area contributed by atoms with E-state index in [9.17, 15) is 4.79 Å². The summed E-state index contributed by atoms with van der Waals surface area (Å²) in [6.07, 6.45) is 6.05. The van der Waals surface area contributed by atoms with Gasteiger partial charge in [-0.1, -0.05) is 53.5 Å². The van der Waals surface area contributed by atoms with Crippen molar-refractivity contribution in [3.8, 4) is 0 Å². The maximum atomic E-state index is 15.8. The predicted octanol–water partition coefficient (Wildman–Crippen LogP) is 7.48. The average molecular weight is 493 g/mol. The molecule has 1 saturated carbocycles. The topological polar surface area (TPSA) is 66.0 Å². The van der Waals surface area contributed by atoms with Gasteiger partial charge in [0.15, 0.2) is 0 Å². The van der Waals surface area contributed by atoms with Crippen molar-refractivity contribution >= 4 is 57.3 Å². The molecule has 3 aromatic carbocycles. The molecule has 34 heavy (non-hydrogen) atoms. The average Bonchev–Trinajstić information content (AvgIpc) is 3.53. The lowest BCUT2D eigenvalue weighted by Gasteiger charge is -2.19. The first-order chi connectivity index (χ1) is 16.4. The zero-order chi connectivity index (χ0) is 23.8. The number of aliphatic carboxylic acids is 1. The Hall–Kier alpha value is -3.41. The van der Waals surface area contributed by atoms with Crippen molar-refractivity contribution in [3.63, 3.8) is 0 Å². The van der Waals surface area contributed by atoms with Crippen LogP contribution in [0, 0.1) is 11.7 Å². The smallest absolute Gasteiger partial charge is 0.328 e. The minimum absolute atomic E-state index is 0.236. The van der Waals surface area contributed by atoms with Crippen LogP contribution in [0.2, 0.25) is 10.0 Å². The van der Waals surface area contributed by atoms with E-state index >= 15 is 4.39 Å². The van der Waals surface area contributed by atoms with Gasteiger partial charge in [0.1, 0.15) is 5.82 Å². The first-order valence-electron chi connectivity index (χ1n) is 10.8. The summed E-state index contributed by atoms with van der Waals surface area (Å²) in [5, 5.41) is 17.2. The van der Waals surface area contributed by atoms with Crippen molar-refractivity contribution < 1.29 is 14.3 Å². The lowest BCUT2D eigenvalue weighted by atomic mass is 9.86. The van der Waals surface area contributed by atoms with Crippen LogP contribution in [0.15, 0.2) is 66.9 Å². The monoisotopic (exact) mass is 492 g/mol. The molecule has 2 N–H and O–H groups in total. The predicted molar refractivity (Wildman–Crippen MR) is 134 cm³/mol. The maximum absolute atomic E-state index is 15.8. The van der Waals surface area contributed by atoms with E-state index in [1.807, 2.05) is 36.4 Å². The van der Waals surface area contributed by atoms with Gasteiger partial charge in [-0.15, -0.1) is 0 Å². The van der Waals surface area contributed by atoms with Crippen molar-refractivity contribution in [3.05, 3.63) is 105 Å². The second kappa shape index (κ2) is 9.09. The van der Waals surface area contributed by atoms with E-state index in [1.165, 1.54) is 12.3 Å². The molecule has 0 spiro atoms. The molecule has 5 rings (SSSR count). The molecule has 1 aromatic heterocycles. The Morgan fingerprint density at radius 2 is 1.79 bits per heavy atom. The molecule has 1 fully saturated rings. The number of carbonyl (C=O) groups is 1. The molecule has 0 radical (unpaired) electrons. The van der Waals surface area contributed by atoms with Crippen molar-refractivity contribution in [2.45, 2.75) is 12.8 Å². The third kappa shape index (κ3) is 4.37. The number of hydrogen-bond donors (Lipinski definition) is 2. The Labute approximate surface area is 205 Å². The molecule has 4 aromatic rings. The van der Waals surface area contributed by atoms with Crippen LogP contribution in [0.3, 0.4) is 0 Å². The Balaban J connectivity index is 1.77. The third-order valence-corrected chi connectivity index (χ3v) is 6.47. The molecular weight excluding hydrogens is 474 g/mol. The molecule has 0 amide bonds. The van der Waals surface area contributed by atoms with Crippen molar-refractivity contribution in [2.75, 3.05) is 0 Å². The summed E-state index contributed by atoms with van der Waals surface area (Å²) in [6, 6.07) is 16.3. The zero-order valence-electron chi connectivity index (χ0n) is 17.9. The Kier molecular flexibility index (Phi) is 5.98. The summed E-state index contributed by atoms with van der Waals surface area (Å²) in [5.74, 6) is -1.15. The van der Waals surface area contributed by atoms with Crippen molar-refractivity contribution in [1.82, 2.24) is 10.2 Å². The number of carboxylic acid groups (broad SMARTS) is 1. The molecule has 0 unspecified atom stereocenters. The molecule has 170 valence electrons.